The molecule has 0 N–H and O–H groups in total. The summed E-state index contributed by atoms with van der Waals surface area (Å²) in [5, 5.41) is 0. The number of nitrogens with zero attached hydrogens (tertiary/aromatic N) is 1. The molecular weight excluding hydrogens is 227 g/mol. The van der Waals surface area contributed by atoms with Gasteiger partial charge in [0.25, 0.3) is 0 Å². The topological polar surface area (TPSA) is 47.9 Å². The molecule has 0 bridgehead atoms. The molecule has 0 aromatic rings. The van der Waals surface area contributed by atoms with Crippen LogP contribution < -0.4 is 0 Å². The first-order valence-corrected chi connectivity index (χ1v) is 4.46. The fraction of sp³-hybridized carbons (Fsp3) is 0.778. The lowest BCUT2D eigenvalue weighted by atomic mass is 10.2. The number of methoxy groups -OCH3 is 2. The highest BCUT2D eigenvalue weighted by molar-refractivity contribution is 6.03. The van der Waals surface area contributed by atoms with E-state index in [0.717, 1.165) is 0 Å². The number of carbonyl (C=O) groups is 1. The van der Waals surface area contributed by atoms with Gasteiger partial charge in [0.2, 0.25) is 5.78 Å². The van der Waals surface area contributed by atoms with E-state index in [9.17, 15) is 18.0 Å². The molecule has 0 saturated carbocycles. The first kappa shape index (κ1) is 15.0. The molecule has 0 aromatic heterocycles. The van der Waals surface area contributed by atoms with Crippen LogP contribution in [0.2, 0.25) is 0 Å². The zero-order valence-electron chi connectivity index (χ0n) is 9.30. The van der Waals surface area contributed by atoms with Crippen molar-refractivity contribution < 1.29 is 27.4 Å². The monoisotopic (exact) mass is 241 g/mol. The third-order valence-electron chi connectivity index (χ3n) is 1.77. The Bertz CT molecular complexity index is 259. The van der Waals surface area contributed by atoms with Gasteiger partial charge in [0.15, 0.2) is 6.29 Å². The maximum Gasteiger partial charge on any atom is 0.450 e. The van der Waals surface area contributed by atoms with E-state index in [1.165, 1.54) is 21.1 Å². The zero-order valence-corrected chi connectivity index (χ0v) is 9.30. The van der Waals surface area contributed by atoms with Gasteiger partial charge >= 0.3 is 6.18 Å². The maximum atomic E-state index is 11.9. The molecular formula is C9H14F3NO3. The van der Waals surface area contributed by atoms with E-state index in [1.54, 1.807) is 0 Å². The summed E-state index contributed by atoms with van der Waals surface area (Å²) in [5.74, 6) is -1.81. The van der Waals surface area contributed by atoms with E-state index < -0.39 is 24.7 Å². The molecule has 16 heavy (non-hydrogen) atoms. The highest BCUT2D eigenvalue weighted by Crippen LogP contribution is 2.18. The van der Waals surface area contributed by atoms with E-state index >= 15 is 0 Å². The summed E-state index contributed by atoms with van der Waals surface area (Å²) in [4.78, 5) is 14.4. The SMILES string of the molecule is COC(CN=C(C)CC(=O)C(F)(F)F)OC. The van der Waals surface area contributed by atoms with Crippen molar-refractivity contribution in [1.29, 1.82) is 0 Å². The van der Waals surface area contributed by atoms with Gasteiger partial charge in [-0.1, -0.05) is 0 Å². The number of carbonyl (C=O) groups excluding carboxylic acids is 1. The summed E-state index contributed by atoms with van der Waals surface area (Å²) < 4.78 is 45.2. The summed E-state index contributed by atoms with van der Waals surface area (Å²) in [5.41, 5.74) is 0.0985. The molecule has 0 atom stereocenters. The van der Waals surface area contributed by atoms with E-state index in [1.807, 2.05) is 0 Å². The van der Waals surface area contributed by atoms with Gasteiger partial charge in [-0.25, -0.2) is 0 Å². The Hall–Kier alpha value is -0.950. The lowest BCUT2D eigenvalue weighted by molar-refractivity contribution is -0.169. The van der Waals surface area contributed by atoms with Crippen molar-refractivity contribution in [3.63, 3.8) is 0 Å². The van der Waals surface area contributed by atoms with Crippen molar-refractivity contribution >= 4 is 11.5 Å². The van der Waals surface area contributed by atoms with Gasteiger partial charge in [-0.15, -0.1) is 0 Å². The Kier molecular flexibility index (Phi) is 6.20. The second kappa shape index (κ2) is 6.59. The quantitative estimate of drug-likeness (QED) is 0.524. The molecule has 0 unspecified atom stereocenters. The van der Waals surface area contributed by atoms with Gasteiger partial charge in [0.05, 0.1) is 13.0 Å². The molecule has 0 aliphatic heterocycles. The van der Waals surface area contributed by atoms with Crippen molar-refractivity contribution in [3.05, 3.63) is 0 Å². The summed E-state index contributed by atoms with van der Waals surface area (Å²) in [6, 6.07) is 0. The number of aliphatic imine (C=N–C) groups is 1. The van der Waals surface area contributed by atoms with Crippen LogP contribution in [0.15, 0.2) is 4.99 Å². The zero-order chi connectivity index (χ0) is 12.8. The van der Waals surface area contributed by atoms with Crippen LogP contribution in [0.1, 0.15) is 13.3 Å². The van der Waals surface area contributed by atoms with Crippen LogP contribution in [0, 0.1) is 0 Å². The molecule has 0 fully saturated rings. The molecule has 0 heterocycles. The van der Waals surface area contributed by atoms with E-state index in [4.69, 9.17) is 9.47 Å². The van der Waals surface area contributed by atoms with Crippen LogP contribution in [-0.2, 0) is 14.3 Å². The number of alkyl halides is 3. The molecule has 0 aromatic carbocycles. The van der Waals surface area contributed by atoms with Gasteiger partial charge in [0.1, 0.15) is 0 Å². The lowest BCUT2D eigenvalue weighted by Crippen LogP contribution is -2.25. The predicted molar refractivity (Wildman–Crippen MR) is 51.5 cm³/mol. The van der Waals surface area contributed by atoms with Crippen LogP contribution in [0.5, 0.6) is 0 Å². The van der Waals surface area contributed by atoms with Gasteiger partial charge in [-0.3, -0.25) is 9.79 Å². The average Bonchev–Trinajstić information content (AvgIpc) is 2.17. The Morgan fingerprint density at radius 2 is 1.81 bits per heavy atom. The fourth-order valence-electron chi connectivity index (χ4n) is 0.864. The average molecular weight is 241 g/mol. The molecule has 0 saturated heterocycles. The van der Waals surface area contributed by atoms with Gasteiger partial charge in [-0.2, -0.15) is 13.2 Å². The fourth-order valence-corrected chi connectivity index (χ4v) is 0.864. The van der Waals surface area contributed by atoms with Gasteiger partial charge in [0, 0.05) is 19.9 Å². The van der Waals surface area contributed by atoms with Crippen molar-refractivity contribution in [2.45, 2.75) is 25.8 Å². The standard InChI is InChI=1S/C9H14F3NO3/c1-6(4-7(14)9(10,11)12)13-5-8(15-2)16-3/h8H,4-5H2,1-3H3. The van der Waals surface area contributed by atoms with Crippen LogP contribution >= 0.6 is 0 Å². The largest absolute Gasteiger partial charge is 0.450 e. The molecule has 0 radical (unpaired) electrons. The first-order chi connectivity index (χ1) is 7.31. The summed E-state index contributed by atoms with van der Waals surface area (Å²) in [6.45, 7) is 1.41. The number of hydrogen-bond donors (Lipinski definition) is 0. The van der Waals surface area contributed by atoms with Crippen LogP contribution in [-0.4, -0.2) is 44.7 Å². The molecule has 0 aliphatic rings. The molecule has 4 nitrogen and oxygen atoms in total. The van der Waals surface area contributed by atoms with Crippen LogP contribution in [0.4, 0.5) is 13.2 Å². The summed E-state index contributed by atoms with van der Waals surface area (Å²) >= 11 is 0. The Labute approximate surface area is 91.4 Å². The minimum Gasteiger partial charge on any atom is -0.354 e. The lowest BCUT2D eigenvalue weighted by Gasteiger charge is -2.11. The second-order valence-corrected chi connectivity index (χ2v) is 3.07. The van der Waals surface area contributed by atoms with Gasteiger partial charge in [-0.05, 0) is 6.92 Å². The Morgan fingerprint density at radius 1 is 1.31 bits per heavy atom. The van der Waals surface area contributed by atoms with E-state index in [0.29, 0.717) is 0 Å². The first-order valence-electron chi connectivity index (χ1n) is 4.46. The second-order valence-electron chi connectivity index (χ2n) is 3.07. The van der Waals surface area contributed by atoms with Gasteiger partial charge < -0.3 is 9.47 Å². The number of ketones is 1. The third-order valence-corrected chi connectivity index (χ3v) is 1.77. The highest BCUT2D eigenvalue weighted by atomic mass is 19.4. The normalized spacial score (nSPS) is 13.3. The van der Waals surface area contributed by atoms with E-state index in [2.05, 4.69) is 4.99 Å². The number of rotatable bonds is 6. The summed E-state index contributed by atoms with van der Waals surface area (Å²) in [6.07, 6.45) is -6.15. The molecule has 7 heteroatoms. The van der Waals surface area contributed by atoms with Crippen LogP contribution in [0.25, 0.3) is 0 Å². The number of ether oxygens (including phenoxy) is 2. The highest BCUT2D eigenvalue weighted by Gasteiger charge is 2.37. The maximum absolute atomic E-state index is 11.9. The molecule has 0 spiro atoms. The van der Waals surface area contributed by atoms with Crippen LogP contribution in [0.3, 0.4) is 0 Å². The van der Waals surface area contributed by atoms with Crippen molar-refractivity contribution in [3.8, 4) is 0 Å². The number of hydrogen-bond acceptors (Lipinski definition) is 4. The summed E-state index contributed by atoms with van der Waals surface area (Å²) in [7, 11) is 2.78. The van der Waals surface area contributed by atoms with Crippen molar-refractivity contribution in [2.24, 2.45) is 4.99 Å². The Morgan fingerprint density at radius 3 is 2.19 bits per heavy atom. The number of halogens is 3. The molecule has 94 valence electrons. The Balaban J connectivity index is 4.20. The minimum absolute atomic E-state index is 0.0595. The minimum atomic E-state index is -4.81. The smallest absolute Gasteiger partial charge is 0.354 e. The van der Waals surface area contributed by atoms with Crippen molar-refractivity contribution in [2.75, 3.05) is 20.8 Å². The predicted octanol–water partition coefficient (Wildman–Crippen LogP) is 1.59. The third kappa shape index (κ3) is 5.82. The molecule has 0 amide bonds. The number of Topliss-reactive ketones (excluding diaryl/α,β-unsaturated/α-hetero) is 1. The van der Waals surface area contributed by atoms with Crippen molar-refractivity contribution in [1.82, 2.24) is 0 Å². The molecule has 0 aliphatic carbocycles. The van der Waals surface area contributed by atoms with E-state index in [-0.39, 0.29) is 12.3 Å². The molecule has 0 rings (SSSR count).